The molecule has 0 radical (unpaired) electrons. The first kappa shape index (κ1) is 14.5. The van der Waals surface area contributed by atoms with Crippen LogP contribution >= 0.6 is 23.1 Å². The Morgan fingerprint density at radius 1 is 1.57 bits per heavy atom. The maximum absolute atomic E-state index is 10.9. The van der Waals surface area contributed by atoms with Crippen molar-refractivity contribution >= 4 is 29.1 Å². The predicted molar refractivity (Wildman–Crippen MR) is 82.4 cm³/mol. The lowest BCUT2D eigenvalue weighted by Gasteiger charge is -2.08. The third-order valence-corrected chi connectivity index (χ3v) is 5.82. The molecule has 0 fully saturated rings. The number of hydrogen-bond acceptors (Lipinski definition) is 6. The molecular weight excluding hydrogens is 308 g/mol. The van der Waals surface area contributed by atoms with Crippen LogP contribution in [-0.2, 0) is 23.5 Å². The van der Waals surface area contributed by atoms with Gasteiger partial charge in [-0.1, -0.05) is 6.92 Å². The van der Waals surface area contributed by atoms with Gasteiger partial charge in [0, 0.05) is 17.2 Å². The number of aliphatic carboxylic acids is 1. The second-order valence-electron chi connectivity index (χ2n) is 5.12. The molecule has 0 aliphatic carbocycles. The first-order valence-electron chi connectivity index (χ1n) is 6.84. The number of carboxylic acid groups (broad SMARTS) is 1. The van der Waals surface area contributed by atoms with Crippen molar-refractivity contribution in [2.24, 2.45) is 5.92 Å². The molecule has 0 aromatic carbocycles. The van der Waals surface area contributed by atoms with Gasteiger partial charge in [-0.15, -0.1) is 16.4 Å². The lowest BCUT2D eigenvalue weighted by molar-refractivity contribution is -0.141. The van der Waals surface area contributed by atoms with Gasteiger partial charge < -0.3 is 5.11 Å². The molecule has 1 aliphatic rings. The molecule has 6 nitrogen and oxygen atoms in total. The Morgan fingerprint density at radius 2 is 2.43 bits per heavy atom. The zero-order valence-corrected chi connectivity index (χ0v) is 13.3. The predicted octanol–water partition coefficient (Wildman–Crippen LogP) is 2.30. The summed E-state index contributed by atoms with van der Waals surface area (Å²) in [4.78, 5) is 13.4. The van der Waals surface area contributed by atoms with E-state index >= 15 is 0 Å². The van der Waals surface area contributed by atoms with E-state index in [4.69, 9.17) is 5.11 Å². The fraction of sp³-hybridized carbons (Fsp3) is 0.538. The van der Waals surface area contributed by atoms with E-state index in [1.807, 2.05) is 11.8 Å². The number of aromatic nitrogens is 4. The third-order valence-electron chi connectivity index (χ3n) is 3.58. The Kier molecular flexibility index (Phi) is 4.25. The molecule has 1 atom stereocenters. The van der Waals surface area contributed by atoms with Crippen molar-refractivity contribution in [3.8, 4) is 10.7 Å². The molecule has 0 saturated heterocycles. The zero-order chi connectivity index (χ0) is 14.8. The average molecular weight is 324 g/mol. The van der Waals surface area contributed by atoms with Crippen molar-refractivity contribution in [1.82, 2.24) is 20.2 Å². The molecule has 21 heavy (non-hydrogen) atoms. The molecule has 2 aromatic rings. The molecule has 3 rings (SSSR count). The van der Waals surface area contributed by atoms with Crippen molar-refractivity contribution < 1.29 is 9.90 Å². The Balaban J connectivity index is 1.78. The quantitative estimate of drug-likeness (QED) is 0.909. The van der Waals surface area contributed by atoms with Crippen LogP contribution in [0.4, 0.5) is 0 Å². The number of fused-ring (bicyclic) bond motifs is 1. The lowest BCUT2D eigenvalue weighted by Crippen LogP contribution is -2.13. The van der Waals surface area contributed by atoms with E-state index < -0.39 is 11.9 Å². The Hall–Kier alpha value is -1.41. The fourth-order valence-corrected chi connectivity index (χ4v) is 4.59. The number of hydrogen-bond donors (Lipinski definition) is 1. The minimum atomic E-state index is -0.784. The topological polar surface area (TPSA) is 80.9 Å². The second kappa shape index (κ2) is 6.15. The Morgan fingerprint density at radius 3 is 3.19 bits per heavy atom. The van der Waals surface area contributed by atoms with E-state index in [1.165, 1.54) is 16.2 Å². The maximum Gasteiger partial charge on any atom is 0.306 e. The van der Waals surface area contributed by atoms with Gasteiger partial charge in [0.05, 0.1) is 10.8 Å². The van der Waals surface area contributed by atoms with Gasteiger partial charge in [0.1, 0.15) is 0 Å². The monoisotopic (exact) mass is 324 g/mol. The summed E-state index contributed by atoms with van der Waals surface area (Å²) in [6, 6.07) is 2.18. The molecule has 1 N–H and O–H groups in total. The molecule has 0 amide bonds. The number of carboxylic acids is 1. The minimum Gasteiger partial charge on any atom is -0.481 e. The zero-order valence-electron chi connectivity index (χ0n) is 11.7. The van der Waals surface area contributed by atoms with Crippen molar-refractivity contribution in [3.63, 3.8) is 0 Å². The first-order valence-corrected chi connectivity index (χ1v) is 8.81. The van der Waals surface area contributed by atoms with Crippen molar-refractivity contribution in [2.45, 2.75) is 32.1 Å². The summed E-state index contributed by atoms with van der Waals surface area (Å²) in [6.45, 7) is 2.22. The number of rotatable bonds is 5. The highest BCUT2D eigenvalue weighted by Gasteiger charge is 2.19. The molecule has 112 valence electrons. The highest BCUT2D eigenvalue weighted by atomic mass is 32.2. The van der Waals surface area contributed by atoms with Gasteiger partial charge in [0.15, 0.2) is 5.82 Å². The second-order valence-corrected chi connectivity index (χ2v) is 7.36. The van der Waals surface area contributed by atoms with E-state index in [-0.39, 0.29) is 0 Å². The Bertz CT molecular complexity index is 629. The van der Waals surface area contributed by atoms with Gasteiger partial charge in [-0.2, -0.15) is 11.8 Å². The van der Waals surface area contributed by atoms with Gasteiger partial charge in [-0.3, -0.25) is 4.79 Å². The van der Waals surface area contributed by atoms with E-state index in [1.54, 1.807) is 22.9 Å². The van der Waals surface area contributed by atoms with E-state index in [0.717, 1.165) is 22.9 Å². The van der Waals surface area contributed by atoms with Crippen LogP contribution in [0.3, 0.4) is 0 Å². The standard InChI is InChI=1S/C13H16N4O2S2/c1-8(13(18)19)2-4-17-12(14-15-16-17)11-6-9-7-20-5-3-10(9)21-11/h6,8H,2-5,7H2,1H3,(H,18,19). The largest absolute Gasteiger partial charge is 0.481 e. The van der Waals surface area contributed by atoms with Crippen LogP contribution in [0.1, 0.15) is 23.8 Å². The highest BCUT2D eigenvalue weighted by Crippen LogP contribution is 2.36. The van der Waals surface area contributed by atoms with E-state index in [2.05, 4.69) is 21.6 Å². The molecule has 1 aliphatic heterocycles. The van der Waals surface area contributed by atoms with Gasteiger partial charge >= 0.3 is 5.97 Å². The molecular formula is C13H16N4O2S2. The van der Waals surface area contributed by atoms with Gasteiger partial charge in [-0.05, 0) is 40.7 Å². The molecule has 2 aromatic heterocycles. The molecule has 0 saturated carbocycles. The molecule has 0 bridgehead atoms. The van der Waals surface area contributed by atoms with Crippen LogP contribution in [0.25, 0.3) is 10.7 Å². The third kappa shape index (κ3) is 3.11. The number of aryl methyl sites for hydroxylation is 2. The van der Waals surface area contributed by atoms with E-state index in [0.29, 0.717) is 13.0 Å². The summed E-state index contributed by atoms with van der Waals surface area (Å²) >= 11 is 3.71. The van der Waals surface area contributed by atoms with Gasteiger partial charge in [0.2, 0.25) is 0 Å². The van der Waals surface area contributed by atoms with Gasteiger partial charge in [-0.25, -0.2) is 4.68 Å². The first-order chi connectivity index (χ1) is 10.1. The molecule has 1 unspecified atom stereocenters. The van der Waals surface area contributed by atoms with Crippen molar-refractivity contribution in [3.05, 3.63) is 16.5 Å². The molecule has 0 spiro atoms. The summed E-state index contributed by atoms with van der Waals surface area (Å²) in [6.07, 6.45) is 1.64. The van der Waals surface area contributed by atoms with Crippen LogP contribution in [0, 0.1) is 5.92 Å². The minimum absolute atomic E-state index is 0.394. The smallest absolute Gasteiger partial charge is 0.306 e. The highest BCUT2D eigenvalue weighted by molar-refractivity contribution is 7.98. The number of tetrazole rings is 1. The maximum atomic E-state index is 10.9. The number of carbonyl (C=O) groups is 1. The molecule has 3 heterocycles. The molecule has 8 heteroatoms. The van der Waals surface area contributed by atoms with Crippen molar-refractivity contribution in [2.75, 3.05) is 5.75 Å². The van der Waals surface area contributed by atoms with Crippen LogP contribution in [-0.4, -0.2) is 37.0 Å². The summed E-state index contributed by atoms with van der Waals surface area (Å²) in [5.41, 5.74) is 1.39. The van der Waals surface area contributed by atoms with Crippen LogP contribution < -0.4 is 0 Å². The average Bonchev–Trinajstić information content (AvgIpc) is 3.10. The normalized spacial score (nSPS) is 15.7. The number of thiophene rings is 1. The summed E-state index contributed by atoms with van der Waals surface area (Å²) in [5.74, 6) is 1.80. The Labute approximate surface area is 130 Å². The lowest BCUT2D eigenvalue weighted by atomic mass is 10.1. The van der Waals surface area contributed by atoms with Crippen LogP contribution in [0.15, 0.2) is 6.07 Å². The van der Waals surface area contributed by atoms with E-state index in [9.17, 15) is 4.79 Å². The van der Waals surface area contributed by atoms with Crippen LogP contribution in [0.5, 0.6) is 0 Å². The SMILES string of the molecule is CC(CCn1nnnc1-c1cc2c(s1)CCSC2)C(=O)O. The number of nitrogens with zero attached hydrogens (tertiary/aromatic N) is 4. The summed E-state index contributed by atoms with van der Waals surface area (Å²) in [7, 11) is 0. The van der Waals surface area contributed by atoms with Crippen LogP contribution in [0.2, 0.25) is 0 Å². The fourth-order valence-electron chi connectivity index (χ4n) is 2.23. The van der Waals surface area contributed by atoms with Gasteiger partial charge in [0.25, 0.3) is 0 Å². The summed E-state index contributed by atoms with van der Waals surface area (Å²) in [5, 5.41) is 20.8. The summed E-state index contributed by atoms with van der Waals surface area (Å²) < 4.78 is 1.71. The number of thioether (sulfide) groups is 1. The van der Waals surface area contributed by atoms with Crippen molar-refractivity contribution in [1.29, 1.82) is 0 Å².